The fourth-order valence-corrected chi connectivity index (χ4v) is 8.51. The van der Waals surface area contributed by atoms with Crippen molar-refractivity contribution in [1.82, 2.24) is 34.6 Å². The molecular weight excluding hydrogens is 879 g/mol. The van der Waals surface area contributed by atoms with Gasteiger partial charge in [-0.05, 0) is 110 Å². The molecule has 2 aromatic carbocycles. The number of imide groups is 1. The van der Waals surface area contributed by atoms with Gasteiger partial charge in [0.2, 0.25) is 11.8 Å². The van der Waals surface area contributed by atoms with Crippen LogP contribution in [-0.4, -0.2) is 71.4 Å². The third-order valence-electron chi connectivity index (χ3n) is 11.9. The summed E-state index contributed by atoms with van der Waals surface area (Å²) in [6.07, 6.45) is 11.5. The number of ether oxygens (including phenoxy) is 1. The molecule has 4 aromatic heterocycles. The molecule has 364 valence electrons. The number of amides is 4. The van der Waals surface area contributed by atoms with Crippen LogP contribution in [0.3, 0.4) is 0 Å². The molecule has 0 unspecified atom stereocenters. The largest absolute Gasteiger partial charge is 0.494 e. The van der Waals surface area contributed by atoms with Crippen molar-refractivity contribution < 1.29 is 23.9 Å². The minimum Gasteiger partial charge on any atom is -0.494 e. The number of anilines is 2. The molecule has 0 bridgehead atoms. The van der Waals surface area contributed by atoms with E-state index in [4.69, 9.17) is 14.7 Å². The zero-order valence-electron chi connectivity index (χ0n) is 40.5. The molecule has 0 radical (unpaired) electrons. The lowest BCUT2D eigenvalue weighted by molar-refractivity contribution is -0.117. The Kier molecular flexibility index (Phi) is 19.2. The molecular formula is C56H65N9O5. The van der Waals surface area contributed by atoms with Gasteiger partial charge in [0.05, 0.1) is 40.5 Å². The number of carbonyl (C=O) groups is 4. The SMILES string of the molecule is CCCCCC(=O)Nc1cccc(CN(Cc2cc(CN(Cc3ccccn3)Cc3cccc(NC(=O)CCCCC)n3)cc(OCCCCN3C(=O)c4ccccc4C3=O)c2)Cc2ccccn2)n1. The number of hydrogen-bond acceptors (Lipinski definition) is 11. The average molecular weight is 944 g/mol. The molecule has 2 N–H and O–H groups in total. The minimum absolute atomic E-state index is 0.0403. The summed E-state index contributed by atoms with van der Waals surface area (Å²) in [4.78, 5) is 76.5. The molecule has 0 saturated carbocycles. The first-order valence-electron chi connectivity index (χ1n) is 24.7. The maximum atomic E-state index is 13.0. The van der Waals surface area contributed by atoms with Crippen LogP contribution >= 0.6 is 0 Å². The summed E-state index contributed by atoms with van der Waals surface area (Å²) in [7, 11) is 0. The lowest BCUT2D eigenvalue weighted by Crippen LogP contribution is -2.30. The molecule has 14 nitrogen and oxygen atoms in total. The highest BCUT2D eigenvalue weighted by Gasteiger charge is 2.34. The monoisotopic (exact) mass is 944 g/mol. The van der Waals surface area contributed by atoms with E-state index in [0.717, 1.165) is 72.4 Å². The molecule has 0 fully saturated rings. The average Bonchev–Trinajstić information content (AvgIpc) is 3.59. The fourth-order valence-electron chi connectivity index (χ4n) is 8.51. The van der Waals surface area contributed by atoms with E-state index in [0.29, 0.717) is 107 Å². The van der Waals surface area contributed by atoms with Crippen LogP contribution in [0.25, 0.3) is 0 Å². The van der Waals surface area contributed by atoms with E-state index in [9.17, 15) is 19.2 Å². The second-order valence-corrected chi connectivity index (χ2v) is 17.8. The van der Waals surface area contributed by atoms with Gasteiger partial charge in [-0.25, -0.2) is 9.97 Å². The Morgan fingerprint density at radius 3 is 1.47 bits per heavy atom. The quantitative estimate of drug-likeness (QED) is 0.0356. The van der Waals surface area contributed by atoms with Gasteiger partial charge in [0.25, 0.3) is 11.8 Å². The lowest BCUT2D eigenvalue weighted by atomic mass is 10.1. The first kappa shape index (κ1) is 50.7. The summed E-state index contributed by atoms with van der Waals surface area (Å²) >= 11 is 0. The minimum atomic E-state index is -0.257. The van der Waals surface area contributed by atoms with Crippen molar-refractivity contribution in [3.05, 3.63) is 173 Å². The van der Waals surface area contributed by atoms with Crippen LogP contribution in [-0.2, 0) is 48.9 Å². The standard InChI is InChI=1S/C56H65N9O5/c1-3-5-7-27-53(66)61-51-25-17-21-46(59-51)40-63(38-44-19-11-13-29-57-44)36-42-33-43(35-48(34-42)70-32-16-15-31-65-55(68)49-23-9-10-24-50(49)56(65)69)37-64(39-45-20-12-14-30-58-45)41-47-22-18-26-52(60-47)62-54(67)28-8-6-4-2/h9-14,17-26,29-30,33-35H,3-8,15-16,27-28,31-32,36-41H2,1-2H3,(H,59,61,66)(H,60,62,67). The highest BCUT2D eigenvalue weighted by molar-refractivity contribution is 6.21. The molecule has 0 aliphatic carbocycles. The van der Waals surface area contributed by atoms with Crippen LogP contribution in [0.5, 0.6) is 5.75 Å². The van der Waals surface area contributed by atoms with Crippen molar-refractivity contribution in [2.45, 2.75) is 117 Å². The first-order chi connectivity index (χ1) is 34.2. The smallest absolute Gasteiger partial charge is 0.261 e. The van der Waals surface area contributed by atoms with Crippen molar-refractivity contribution in [2.24, 2.45) is 0 Å². The van der Waals surface area contributed by atoms with Gasteiger partial charge in [-0.15, -0.1) is 0 Å². The van der Waals surface area contributed by atoms with Gasteiger partial charge in [0.15, 0.2) is 0 Å². The highest BCUT2D eigenvalue weighted by atomic mass is 16.5. The predicted molar refractivity (Wildman–Crippen MR) is 271 cm³/mol. The van der Waals surface area contributed by atoms with E-state index in [1.807, 2.05) is 72.8 Å². The van der Waals surface area contributed by atoms with E-state index in [2.05, 4.69) is 62.4 Å². The Hall–Kier alpha value is -7.16. The van der Waals surface area contributed by atoms with Gasteiger partial charge in [0.1, 0.15) is 17.4 Å². The van der Waals surface area contributed by atoms with Crippen molar-refractivity contribution in [1.29, 1.82) is 0 Å². The molecule has 1 aliphatic rings. The lowest BCUT2D eigenvalue weighted by Gasteiger charge is -2.25. The molecule has 70 heavy (non-hydrogen) atoms. The summed E-state index contributed by atoms with van der Waals surface area (Å²) in [6.45, 7) is 8.02. The number of carbonyl (C=O) groups excluding carboxylic acids is 4. The van der Waals surface area contributed by atoms with E-state index < -0.39 is 0 Å². The third kappa shape index (κ3) is 15.7. The van der Waals surface area contributed by atoms with Gasteiger partial charge in [0, 0.05) is 71.0 Å². The van der Waals surface area contributed by atoms with E-state index in [1.165, 1.54) is 4.90 Å². The summed E-state index contributed by atoms with van der Waals surface area (Å²) < 4.78 is 6.52. The number of aromatic nitrogens is 4. The van der Waals surface area contributed by atoms with Gasteiger partial charge in [-0.2, -0.15) is 0 Å². The van der Waals surface area contributed by atoms with Gasteiger partial charge < -0.3 is 15.4 Å². The van der Waals surface area contributed by atoms with Crippen molar-refractivity contribution >= 4 is 35.3 Å². The number of nitrogens with zero attached hydrogens (tertiary/aromatic N) is 7. The van der Waals surface area contributed by atoms with E-state index in [-0.39, 0.29) is 23.6 Å². The Morgan fingerprint density at radius 2 is 1.00 bits per heavy atom. The Bertz CT molecular complexity index is 2480. The summed E-state index contributed by atoms with van der Waals surface area (Å²) in [5.41, 5.74) is 6.34. The number of nitrogens with one attached hydrogen (secondary N) is 2. The van der Waals surface area contributed by atoms with Gasteiger partial charge in [-0.3, -0.25) is 43.8 Å². The molecule has 0 atom stereocenters. The molecule has 4 amide bonds. The van der Waals surface area contributed by atoms with Crippen molar-refractivity contribution in [2.75, 3.05) is 23.8 Å². The van der Waals surface area contributed by atoms with Crippen LogP contribution in [0.2, 0.25) is 0 Å². The molecule has 0 spiro atoms. The van der Waals surface area contributed by atoms with Crippen molar-refractivity contribution in [3.63, 3.8) is 0 Å². The number of unbranched alkanes of at least 4 members (excludes halogenated alkanes) is 5. The zero-order chi connectivity index (χ0) is 48.9. The Balaban J connectivity index is 1.13. The van der Waals surface area contributed by atoms with Crippen LogP contribution in [0.15, 0.2) is 128 Å². The second kappa shape index (κ2) is 26.6. The number of rotatable bonds is 28. The van der Waals surface area contributed by atoms with Gasteiger partial charge >= 0.3 is 0 Å². The number of benzene rings is 2. The van der Waals surface area contributed by atoms with Crippen LogP contribution in [0.1, 0.15) is 133 Å². The molecule has 1 aliphatic heterocycles. The summed E-state index contributed by atoms with van der Waals surface area (Å²) in [5.74, 6) is 1.16. The maximum absolute atomic E-state index is 13.0. The van der Waals surface area contributed by atoms with E-state index >= 15 is 0 Å². The van der Waals surface area contributed by atoms with Crippen LogP contribution in [0.4, 0.5) is 11.6 Å². The normalized spacial score (nSPS) is 12.1. The maximum Gasteiger partial charge on any atom is 0.261 e. The molecule has 14 heteroatoms. The number of pyridine rings is 4. The second-order valence-electron chi connectivity index (χ2n) is 17.8. The number of fused-ring (bicyclic) bond motifs is 1. The first-order valence-corrected chi connectivity index (χ1v) is 24.7. The molecule has 7 rings (SSSR count). The Labute approximate surface area is 411 Å². The summed E-state index contributed by atoms with van der Waals surface area (Å²) in [6, 6.07) is 36.5. The van der Waals surface area contributed by atoms with Crippen LogP contribution < -0.4 is 15.4 Å². The van der Waals surface area contributed by atoms with Crippen molar-refractivity contribution in [3.8, 4) is 5.75 Å². The predicted octanol–water partition coefficient (Wildman–Crippen LogP) is 10.2. The zero-order valence-corrected chi connectivity index (χ0v) is 40.5. The van der Waals surface area contributed by atoms with Gasteiger partial charge in [-0.1, -0.05) is 82.0 Å². The fraction of sp³-hybridized carbons (Fsp3) is 0.357. The Morgan fingerprint density at radius 1 is 0.529 bits per heavy atom. The third-order valence-corrected chi connectivity index (χ3v) is 11.9. The van der Waals surface area contributed by atoms with Crippen LogP contribution in [0, 0.1) is 0 Å². The summed E-state index contributed by atoms with van der Waals surface area (Å²) in [5, 5.41) is 5.98. The van der Waals surface area contributed by atoms with E-state index in [1.54, 1.807) is 36.7 Å². The number of hydrogen-bond donors (Lipinski definition) is 2. The molecule has 6 aromatic rings. The molecule has 5 heterocycles. The highest BCUT2D eigenvalue weighted by Crippen LogP contribution is 2.26. The molecule has 0 saturated heterocycles. The topological polar surface area (TPSA) is 163 Å².